The number of imidazole rings is 1. The van der Waals surface area contributed by atoms with E-state index in [9.17, 15) is 0 Å². The van der Waals surface area contributed by atoms with Crippen LogP contribution in [0.15, 0.2) is 41.7 Å². The second-order valence-electron chi connectivity index (χ2n) is 4.63. The van der Waals surface area contributed by atoms with Crippen molar-refractivity contribution in [2.75, 3.05) is 0 Å². The van der Waals surface area contributed by atoms with E-state index in [-0.39, 0.29) is 0 Å². The SMILES string of the molecule is c1cn(C2CCCC2NCc2ccoc2)cn1. The molecule has 2 atom stereocenters. The average Bonchev–Trinajstić information content (AvgIpc) is 3.09. The summed E-state index contributed by atoms with van der Waals surface area (Å²) in [5.41, 5.74) is 1.21. The van der Waals surface area contributed by atoms with E-state index in [4.69, 9.17) is 4.42 Å². The van der Waals surface area contributed by atoms with Gasteiger partial charge in [0.25, 0.3) is 0 Å². The van der Waals surface area contributed by atoms with Crippen LogP contribution in [0.2, 0.25) is 0 Å². The molecule has 0 amide bonds. The first-order chi connectivity index (χ1) is 8.43. The standard InChI is InChI=1S/C13H17N3O/c1-2-12(15-8-11-4-7-17-9-11)13(3-1)16-6-5-14-10-16/h4-7,9-10,12-13,15H,1-3,8H2. The maximum absolute atomic E-state index is 5.07. The van der Waals surface area contributed by atoms with Crippen molar-refractivity contribution in [3.05, 3.63) is 42.9 Å². The van der Waals surface area contributed by atoms with Crippen molar-refractivity contribution in [2.24, 2.45) is 0 Å². The summed E-state index contributed by atoms with van der Waals surface area (Å²) in [7, 11) is 0. The van der Waals surface area contributed by atoms with Crippen LogP contribution in [-0.4, -0.2) is 15.6 Å². The molecule has 3 rings (SSSR count). The topological polar surface area (TPSA) is 43.0 Å². The predicted molar refractivity (Wildman–Crippen MR) is 64.5 cm³/mol. The second kappa shape index (κ2) is 4.75. The molecule has 0 spiro atoms. The summed E-state index contributed by atoms with van der Waals surface area (Å²) in [6, 6.07) is 3.09. The van der Waals surface area contributed by atoms with Crippen LogP contribution in [0.3, 0.4) is 0 Å². The van der Waals surface area contributed by atoms with Crippen molar-refractivity contribution >= 4 is 0 Å². The molecule has 1 aliphatic rings. The Labute approximate surface area is 101 Å². The van der Waals surface area contributed by atoms with Gasteiger partial charge in [-0.25, -0.2) is 4.98 Å². The Morgan fingerprint density at radius 1 is 1.47 bits per heavy atom. The van der Waals surface area contributed by atoms with Crippen molar-refractivity contribution in [1.29, 1.82) is 0 Å². The molecule has 4 nitrogen and oxygen atoms in total. The van der Waals surface area contributed by atoms with Gasteiger partial charge in [0.15, 0.2) is 0 Å². The van der Waals surface area contributed by atoms with Gasteiger partial charge in [-0.05, 0) is 25.3 Å². The lowest BCUT2D eigenvalue weighted by molar-refractivity contribution is 0.390. The van der Waals surface area contributed by atoms with Crippen LogP contribution >= 0.6 is 0 Å². The first-order valence-corrected chi connectivity index (χ1v) is 6.15. The summed E-state index contributed by atoms with van der Waals surface area (Å²) < 4.78 is 7.30. The minimum atomic E-state index is 0.541. The van der Waals surface area contributed by atoms with Crippen molar-refractivity contribution in [3.8, 4) is 0 Å². The van der Waals surface area contributed by atoms with Crippen molar-refractivity contribution in [1.82, 2.24) is 14.9 Å². The lowest BCUT2D eigenvalue weighted by atomic mass is 10.1. The third-order valence-electron chi connectivity index (χ3n) is 3.54. The molecule has 0 bridgehead atoms. The van der Waals surface area contributed by atoms with Crippen LogP contribution in [0.4, 0.5) is 0 Å². The lowest BCUT2D eigenvalue weighted by Crippen LogP contribution is -2.32. The first-order valence-electron chi connectivity index (χ1n) is 6.15. The summed E-state index contributed by atoms with van der Waals surface area (Å²) in [5.74, 6) is 0. The Hall–Kier alpha value is -1.55. The van der Waals surface area contributed by atoms with E-state index in [1.165, 1.54) is 24.8 Å². The maximum atomic E-state index is 5.07. The number of furan rings is 1. The molecule has 1 aliphatic carbocycles. The Balaban J connectivity index is 1.62. The van der Waals surface area contributed by atoms with E-state index in [1.807, 2.05) is 18.6 Å². The van der Waals surface area contributed by atoms with Crippen LogP contribution in [0.5, 0.6) is 0 Å². The third-order valence-corrected chi connectivity index (χ3v) is 3.54. The average molecular weight is 231 g/mol. The normalized spacial score (nSPS) is 24.2. The fraction of sp³-hybridized carbons (Fsp3) is 0.462. The molecular weight excluding hydrogens is 214 g/mol. The van der Waals surface area contributed by atoms with Crippen molar-refractivity contribution in [3.63, 3.8) is 0 Å². The number of aromatic nitrogens is 2. The summed E-state index contributed by atoms with van der Waals surface area (Å²) in [5, 5.41) is 3.61. The first kappa shape index (κ1) is 10.6. The summed E-state index contributed by atoms with van der Waals surface area (Å²) in [4.78, 5) is 4.13. The Kier molecular flexibility index (Phi) is 2.96. The van der Waals surface area contributed by atoms with E-state index in [2.05, 4.69) is 21.1 Å². The molecule has 2 aromatic rings. The molecule has 2 unspecified atom stereocenters. The quantitative estimate of drug-likeness (QED) is 0.878. The fourth-order valence-electron chi connectivity index (χ4n) is 2.64. The lowest BCUT2D eigenvalue weighted by Gasteiger charge is -2.21. The maximum Gasteiger partial charge on any atom is 0.0949 e. The number of rotatable bonds is 4. The minimum Gasteiger partial charge on any atom is -0.472 e. The smallest absolute Gasteiger partial charge is 0.0949 e. The van der Waals surface area contributed by atoms with Gasteiger partial charge in [-0.15, -0.1) is 0 Å². The van der Waals surface area contributed by atoms with E-state index in [1.54, 1.807) is 12.5 Å². The highest BCUT2D eigenvalue weighted by Gasteiger charge is 2.27. The van der Waals surface area contributed by atoms with Crippen molar-refractivity contribution < 1.29 is 4.42 Å². The van der Waals surface area contributed by atoms with Gasteiger partial charge in [0, 0.05) is 36.6 Å². The van der Waals surface area contributed by atoms with Gasteiger partial charge in [0.05, 0.1) is 18.9 Å². The highest BCUT2D eigenvalue weighted by Crippen LogP contribution is 2.30. The molecule has 0 aromatic carbocycles. The van der Waals surface area contributed by atoms with Crippen LogP contribution in [0.25, 0.3) is 0 Å². The van der Waals surface area contributed by atoms with Gasteiger partial charge < -0.3 is 14.3 Å². The Morgan fingerprint density at radius 3 is 3.24 bits per heavy atom. The molecule has 0 saturated heterocycles. The molecule has 90 valence electrons. The molecule has 0 radical (unpaired) electrons. The van der Waals surface area contributed by atoms with Gasteiger partial charge >= 0.3 is 0 Å². The summed E-state index contributed by atoms with van der Waals surface area (Å²) >= 11 is 0. The molecule has 1 saturated carbocycles. The van der Waals surface area contributed by atoms with Crippen LogP contribution < -0.4 is 5.32 Å². The van der Waals surface area contributed by atoms with Gasteiger partial charge in [0.2, 0.25) is 0 Å². The highest BCUT2D eigenvalue weighted by molar-refractivity contribution is 5.05. The molecule has 1 N–H and O–H groups in total. The van der Waals surface area contributed by atoms with Crippen LogP contribution in [0.1, 0.15) is 30.9 Å². The zero-order chi connectivity index (χ0) is 11.5. The van der Waals surface area contributed by atoms with Gasteiger partial charge in [-0.3, -0.25) is 0 Å². The number of hydrogen-bond acceptors (Lipinski definition) is 3. The molecule has 17 heavy (non-hydrogen) atoms. The highest BCUT2D eigenvalue weighted by atomic mass is 16.3. The predicted octanol–water partition coefficient (Wildman–Crippen LogP) is 2.36. The molecule has 0 aliphatic heterocycles. The van der Waals surface area contributed by atoms with Crippen LogP contribution in [0, 0.1) is 0 Å². The molecular formula is C13H17N3O. The zero-order valence-electron chi connectivity index (χ0n) is 9.75. The van der Waals surface area contributed by atoms with Gasteiger partial charge in [-0.1, -0.05) is 0 Å². The molecule has 2 aromatic heterocycles. The minimum absolute atomic E-state index is 0.541. The summed E-state index contributed by atoms with van der Waals surface area (Å²) in [6.07, 6.45) is 13.1. The van der Waals surface area contributed by atoms with E-state index < -0.39 is 0 Å². The number of nitrogens with one attached hydrogen (secondary N) is 1. The number of hydrogen-bond donors (Lipinski definition) is 1. The fourth-order valence-corrected chi connectivity index (χ4v) is 2.64. The zero-order valence-corrected chi connectivity index (χ0v) is 9.75. The third kappa shape index (κ3) is 2.26. The van der Waals surface area contributed by atoms with E-state index in [0.717, 1.165) is 6.54 Å². The number of nitrogens with zero attached hydrogens (tertiary/aromatic N) is 2. The molecule has 4 heteroatoms. The molecule has 2 heterocycles. The summed E-state index contributed by atoms with van der Waals surface area (Å²) in [6.45, 7) is 0.881. The van der Waals surface area contributed by atoms with E-state index in [0.29, 0.717) is 12.1 Å². The largest absolute Gasteiger partial charge is 0.472 e. The monoisotopic (exact) mass is 231 g/mol. The second-order valence-corrected chi connectivity index (χ2v) is 4.63. The van der Waals surface area contributed by atoms with Gasteiger partial charge in [0.1, 0.15) is 0 Å². The van der Waals surface area contributed by atoms with Gasteiger partial charge in [-0.2, -0.15) is 0 Å². The Bertz CT molecular complexity index is 435. The molecule has 1 fully saturated rings. The Morgan fingerprint density at radius 2 is 2.47 bits per heavy atom. The van der Waals surface area contributed by atoms with E-state index >= 15 is 0 Å². The van der Waals surface area contributed by atoms with Crippen molar-refractivity contribution in [2.45, 2.75) is 37.9 Å². The van der Waals surface area contributed by atoms with Crippen LogP contribution in [-0.2, 0) is 6.54 Å².